The molecule has 5 amide bonds. The highest BCUT2D eigenvalue weighted by molar-refractivity contribution is 5.92. The van der Waals surface area contributed by atoms with E-state index in [0.717, 1.165) is 27.8 Å². The van der Waals surface area contributed by atoms with Gasteiger partial charge in [-0.3, -0.25) is 24.0 Å². The standard InChI is InChI=1S/C33H35N5O8/c39-28(34-15-14-31(42)43)17-36-32(44)27(16-21-8-2-1-3-9-21)38-30(41)19-35-29(40)18-37-33(45)46-20-26-24-12-6-4-10-22(24)23-11-5-7-13-25(23)26/h1-13,26-27H,14-20H2,(H,34,39)(H,35,40)(H,36,44)(H,37,45)(H,38,41)(H,42,43). The number of benzene rings is 3. The minimum absolute atomic E-state index is 0.0821. The van der Waals surface area contributed by atoms with Crippen LogP contribution in [0.1, 0.15) is 29.0 Å². The average molecular weight is 630 g/mol. The van der Waals surface area contributed by atoms with Gasteiger partial charge in [0.15, 0.2) is 0 Å². The zero-order valence-corrected chi connectivity index (χ0v) is 24.9. The number of nitrogens with one attached hydrogen (secondary N) is 5. The molecule has 13 nitrogen and oxygen atoms in total. The summed E-state index contributed by atoms with van der Waals surface area (Å²) in [5.41, 5.74) is 5.03. The predicted octanol–water partition coefficient (Wildman–Crippen LogP) is 1.08. The highest BCUT2D eigenvalue weighted by Crippen LogP contribution is 2.44. The number of aliphatic carboxylic acids is 1. The van der Waals surface area contributed by atoms with Crippen molar-refractivity contribution in [2.45, 2.75) is 24.8 Å². The first-order valence-electron chi connectivity index (χ1n) is 14.7. The fourth-order valence-corrected chi connectivity index (χ4v) is 5.01. The van der Waals surface area contributed by atoms with Crippen LogP contribution in [0.15, 0.2) is 78.9 Å². The summed E-state index contributed by atoms with van der Waals surface area (Å²) in [6, 6.07) is 23.6. The molecule has 0 aromatic heterocycles. The lowest BCUT2D eigenvalue weighted by Crippen LogP contribution is -2.52. The van der Waals surface area contributed by atoms with Crippen molar-refractivity contribution in [1.82, 2.24) is 26.6 Å². The summed E-state index contributed by atoms with van der Waals surface area (Å²) in [6.07, 6.45) is -0.941. The third-order valence-corrected chi connectivity index (χ3v) is 7.20. The van der Waals surface area contributed by atoms with E-state index in [1.165, 1.54) is 0 Å². The minimum atomic E-state index is -1.07. The normalized spacial score (nSPS) is 12.1. The summed E-state index contributed by atoms with van der Waals surface area (Å²) in [5.74, 6) is -3.76. The van der Waals surface area contributed by atoms with Gasteiger partial charge in [-0.25, -0.2) is 4.79 Å². The molecule has 0 fully saturated rings. The number of rotatable bonds is 15. The van der Waals surface area contributed by atoms with Crippen molar-refractivity contribution in [3.05, 3.63) is 95.6 Å². The Labute approximate surface area is 265 Å². The van der Waals surface area contributed by atoms with E-state index in [9.17, 15) is 28.8 Å². The van der Waals surface area contributed by atoms with Gasteiger partial charge in [0.05, 0.1) is 19.5 Å². The van der Waals surface area contributed by atoms with E-state index in [1.54, 1.807) is 30.3 Å². The highest BCUT2D eigenvalue weighted by atomic mass is 16.5. The fourth-order valence-electron chi connectivity index (χ4n) is 5.01. The van der Waals surface area contributed by atoms with Crippen LogP contribution in [-0.4, -0.2) is 79.6 Å². The summed E-state index contributed by atoms with van der Waals surface area (Å²) < 4.78 is 5.41. The van der Waals surface area contributed by atoms with Crippen LogP contribution >= 0.6 is 0 Å². The van der Waals surface area contributed by atoms with Crippen LogP contribution in [-0.2, 0) is 35.1 Å². The summed E-state index contributed by atoms with van der Waals surface area (Å²) in [7, 11) is 0. The number of ether oxygens (including phenoxy) is 1. The van der Waals surface area contributed by atoms with Gasteiger partial charge in [-0.1, -0.05) is 78.9 Å². The Bertz CT molecular complexity index is 1530. The molecule has 46 heavy (non-hydrogen) atoms. The maximum Gasteiger partial charge on any atom is 0.407 e. The van der Waals surface area contributed by atoms with Crippen molar-refractivity contribution in [3.63, 3.8) is 0 Å². The number of amides is 5. The molecule has 6 N–H and O–H groups in total. The Hall–Kier alpha value is -5.72. The second kappa shape index (κ2) is 16.4. The number of carbonyl (C=O) groups is 6. The van der Waals surface area contributed by atoms with E-state index < -0.39 is 61.4 Å². The van der Waals surface area contributed by atoms with Crippen LogP contribution < -0.4 is 26.6 Å². The molecule has 0 spiro atoms. The molecule has 3 aromatic carbocycles. The van der Waals surface area contributed by atoms with Crippen molar-refractivity contribution < 1.29 is 38.6 Å². The lowest BCUT2D eigenvalue weighted by Gasteiger charge is -2.19. The second-order valence-corrected chi connectivity index (χ2v) is 10.5. The van der Waals surface area contributed by atoms with Crippen molar-refractivity contribution in [1.29, 1.82) is 0 Å². The molecule has 0 heterocycles. The van der Waals surface area contributed by atoms with Crippen LogP contribution in [0.2, 0.25) is 0 Å². The smallest absolute Gasteiger partial charge is 0.407 e. The van der Waals surface area contributed by atoms with E-state index >= 15 is 0 Å². The minimum Gasteiger partial charge on any atom is -0.481 e. The lowest BCUT2D eigenvalue weighted by molar-refractivity contribution is -0.137. The first-order chi connectivity index (χ1) is 22.2. The van der Waals surface area contributed by atoms with Crippen molar-refractivity contribution in [2.75, 3.05) is 32.8 Å². The van der Waals surface area contributed by atoms with Gasteiger partial charge in [0.1, 0.15) is 19.2 Å². The zero-order chi connectivity index (χ0) is 32.9. The quantitative estimate of drug-likeness (QED) is 0.144. The summed E-state index contributed by atoms with van der Waals surface area (Å²) in [4.78, 5) is 72.7. The molecule has 13 heteroatoms. The van der Waals surface area contributed by atoms with Gasteiger partial charge in [0.2, 0.25) is 23.6 Å². The van der Waals surface area contributed by atoms with Gasteiger partial charge in [-0.2, -0.15) is 0 Å². The van der Waals surface area contributed by atoms with Crippen LogP contribution in [0.5, 0.6) is 0 Å². The van der Waals surface area contributed by atoms with Gasteiger partial charge < -0.3 is 36.4 Å². The third-order valence-electron chi connectivity index (χ3n) is 7.20. The summed E-state index contributed by atoms with van der Waals surface area (Å²) in [6.45, 7) is -1.34. The van der Waals surface area contributed by atoms with Crippen LogP contribution in [0, 0.1) is 0 Å². The third kappa shape index (κ3) is 9.64. The van der Waals surface area contributed by atoms with E-state index in [1.807, 2.05) is 48.5 Å². The summed E-state index contributed by atoms with van der Waals surface area (Å²) >= 11 is 0. The molecule has 0 aliphatic heterocycles. The molecule has 0 radical (unpaired) electrons. The summed E-state index contributed by atoms with van der Waals surface area (Å²) in [5, 5.41) is 20.8. The van der Waals surface area contributed by atoms with Crippen molar-refractivity contribution in [3.8, 4) is 11.1 Å². The van der Waals surface area contributed by atoms with Gasteiger partial charge in [0, 0.05) is 18.9 Å². The molecule has 4 rings (SSSR count). The number of carbonyl (C=O) groups excluding carboxylic acids is 5. The maximum absolute atomic E-state index is 12.8. The van der Waals surface area contributed by atoms with Gasteiger partial charge >= 0.3 is 12.1 Å². The number of carboxylic acid groups (broad SMARTS) is 1. The van der Waals surface area contributed by atoms with E-state index in [-0.39, 0.29) is 31.9 Å². The number of alkyl carbamates (subject to hydrolysis) is 1. The number of hydrogen-bond donors (Lipinski definition) is 6. The highest BCUT2D eigenvalue weighted by Gasteiger charge is 2.29. The Morgan fingerprint density at radius 2 is 1.24 bits per heavy atom. The zero-order valence-electron chi connectivity index (χ0n) is 24.9. The molecule has 1 unspecified atom stereocenters. The topological polar surface area (TPSA) is 192 Å². The molecule has 1 aliphatic carbocycles. The first-order valence-corrected chi connectivity index (χ1v) is 14.7. The Morgan fingerprint density at radius 1 is 0.674 bits per heavy atom. The van der Waals surface area contributed by atoms with Crippen LogP contribution in [0.4, 0.5) is 4.79 Å². The lowest BCUT2D eigenvalue weighted by atomic mass is 9.98. The maximum atomic E-state index is 12.8. The van der Waals surface area contributed by atoms with Gasteiger partial charge in [-0.15, -0.1) is 0 Å². The largest absolute Gasteiger partial charge is 0.481 e. The fraction of sp³-hybridized carbons (Fsp3) is 0.273. The number of hydrogen-bond acceptors (Lipinski definition) is 7. The van der Waals surface area contributed by atoms with Crippen LogP contribution in [0.25, 0.3) is 11.1 Å². The van der Waals surface area contributed by atoms with Crippen molar-refractivity contribution >= 4 is 35.7 Å². The number of fused-ring (bicyclic) bond motifs is 3. The first kappa shape index (κ1) is 33.2. The average Bonchev–Trinajstić information content (AvgIpc) is 3.37. The Kier molecular flexibility index (Phi) is 11.8. The molecule has 0 bridgehead atoms. The molecular formula is C33H35N5O8. The molecule has 3 aromatic rings. The monoisotopic (exact) mass is 629 g/mol. The second-order valence-electron chi connectivity index (χ2n) is 10.5. The molecule has 0 saturated carbocycles. The SMILES string of the molecule is O=C(O)CCNC(=O)CNC(=O)C(Cc1ccccc1)NC(=O)CNC(=O)CNC(=O)OCC1c2ccccc2-c2ccccc21. The molecule has 1 aliphatic rings. The predicted molar refractivity (Wildman–Crippen MR) is 166 cm³/mol. The molecule has 1 atom stereocenters. The van der Waals surface area contributed by atoms with Crippen LogP contribution in [0.3, 0.4) is 0 Å². The van der Waals surface area contributed by atoms with Gasteiger partial charge in [-0.05, 0) is 27.8 Å². The molecular weight excluding hydrogens is 594 g/mol. The number of carboxylic acids is 1. The molecule has 240 valence electrons. The van der Waals surface area contributed by atoms with Crippen molar-refractivity contribution in [2.24, 2.45) is 0 Å². The Morgan fingerprint density at radius 3 is 1.89 bits per heavy atom. The van der Waals surface area contributed by atoms with E-state index in [2.05, 4.69) is 26.6 Å². The Balaban J connectivity index is 1.21. The van der Waals surface area contributed by atoms with Gasteiger partial charge in [0.25, 0.3) is 0 Å². The van der Waals surface area contributed by atoms with E-state index in [0.29, 0.717) is 0 Å². The molecule has 0 saturated heterocycles. The van der Waals surface area contributed by atoms with E-state index in [4.69, 9.17) is 9.84 Å².